The average Bonchev–Trinajstić information content (AvgIpc) is 2.48. The molecule has 0 spiro atoms. The molecule has 1 aromatic rings. The maximum absolute atomic E-state index is 12.2. The van der Waals surface area contributed by atoms with Crippen molar-refractivity contribution in [3.05, 3.63) is 35.9 Å². The van der Waals surface area contributed by atoms with Crippen molar-refractivity contribution in [1.29, 1.82) is 0 Å². The van der Waals surface area contributed by atoms with Crippen molar-refractivity contribution in [2.75, 3.05) is 27.4 Å². The highest BCUT2D eigenvalue weighted by atomic mass is 16.5. The van der Waals surface area contributed by atoms with Gasteiger partial charge in [0.1, 0.15) is 5.54 Å². The van der Waals surface area contributed by atoms with Crippen LogP contribution in [0.5, 0.6) is 0 Å². The Morgan fingerprint density at radius 2 is 1.95 bits per heavy atom. The van der Waals surface area contributed by atoms with E-state index >= 15 is 0 Å². The highest BCUT2D eigenvalue weighted by molar-refractivity contribution is 5.82. The van der Waals surface area contributed by atoms with Crippen LogP contribution >= 0.6 is 0 Å². The largest absolute Gasteiger partial charge is 0.467 e. The molecular formula is C15H23NO3. The summed E-state index contributed by atoms with van der Waals surface area (Å²) in [5.41, 5.74) is 0.0495. The van der Waals surface area contributed by atoms with Crippen LogP contribution in [0, 0.1) is 0 Å². The van der Waals surface area contributed by atoms with Crippen LogP contribution in [0.3, 0.4) is 0 Å². The van der Waals surface area contributed by atoms with E-state index in [1.165, 1.54) is 7.11 Å². The number of likely N-dealkylation sites (N-methyl/N-ethyl adjacent to an activating group) is 1. The molecule has 0 amide bonds. The number of esters is 1. The predicted octanol–water partition coefficient (Wildman–Crippen LogP) is 2.09. The van der Waals surface area contributed by atoms with E-state index < -0.39 is 5.54 Å². The third-order valence-corrected chi connectivity index (χ3v) is 3.20. The van der Waals surface area contributed by atoms with Gasteiger partial charge < -0.3 is 14.8 Å². The van der Waals surface area contributed by atoms with Crippen molar-refractivity contribution in [2.24, 2.45) is 0 Å². The number of ether oxygens (including phenoxy) is 2. The molecular weight excluding hydrogens is 242 g/mol. The lowest BCUT2D eigenvalue weighted by molar-refractivity contribution is -0.150. The van der Waals surface area contributed by atoms with Gasteiger partial charge in [-0.1, -0.05) is 37.3 Å². The summed E-state index contributed by atoms with van der Waals surface area (Å²) in [5.74, 6) is -0.290. The molecule has 0 aromatic heterocycles. The van der Waals surface area contributed by atoms with Crippen LogP contribution in [0.2, 0.25) is 0 Å². The van der Waals surface area contributed by atoms with Gasteiger partial charge in [-0.05, 0) is 19.0 Å². The van der Waals surface area contributed by atoms with E-state index in [0.29, 0.717) is 19.6 Å². The van der Waals surface area contributed by atoms with Crippen molar-refractivity contribution in [1.82, 2.24) is 5.32 Å². The van der Waals surface area contributed by atoms with E-state index in [0.717, 1.165) is 12.0 Å². The second-order valence-electron chi connectivity index (χ2n) is 4.38. The molecule has 0 aliphatic rings. The Balaban J connectivity index is 2.92. The molecule has 19 heavy (non-hydrogen) atoms. The minimum Gasteiger partial charge on any atom is -0.467 e. The molecule has 1 atom stereocenters. The zero-order valence-electron chi connectivity index (χ0n) is 11.9. The molecule has 0 aliphatic carbocycles. The van der Waals surface area contributed by atoms with E-state index in [-0.39, 0.29) is 5.97 Å². The zero-order chi connectivity index (χ0) is 14.1. The van der Waals surface area contributed by atoms with Gasteiger partial charge in [-0.15, -0.1) is 0 Å². The Morgan fingerprint density at radius 1 is 1.26 bits per heavy atom. The first-order chi connectivity index (χ1) is 9.21. The summed E-state index contributed by atoms with van der Waals surface area (Å²) in [7, 11) is 3.17. The van der Waals surface area contributed by atoms with Gasteiger partial charge in [0.25, 0.3) is 0 Å². The first-order valence-electron chi connectivity index (χ1n) is 6.62. The molecule has 4 heteroatoms. The second-order valence-corrected chi connectivity index (χ2v) is 4.38. The maximum atomic E-state index is 12.2. The summed E-state index contributed by atoms with van der Waals surface area (Å²) >= 11 is 0. The van der Waals surface area contributed by atoms with Gasteiger partial charge in [0, 0.05) is 19.6 Å². The number of methoxy groups -OCH3 is 1. The Hall–Kier alpha value is -1.39. The number of rotatable bonds is 8. The lowest BCUT2D eigenvalue weighted by Crippen LogP contribution is -2.49. The summed E-state index contributed by atoms with van der Waals surface area (Å²) in [6.07, 6.45) is 1.51. The molecule has 0 fully saturated rings. The lowest BCUT2D eigenvalue weighted by atomic mass is 9.87. The lowest BCUT2D eigenvalue weighted by Gasteiger charge is -2.31. The van der Waals surface area contributed by atoms with Crippen LogP contribution in [0.25, 0.3) is 0 Å². The van der Waals surface area contributed by atoms with Crippen LogP contribution < -0.4 is 5.32 Å². The van der Waals surface area contributed by atoms with Gasteiger partial charge in [-0.3, -0.25) is 0 Å². The van der Waals surface area contributed by atoms with Crippen molar-refractivity contribution in [3.8, 4) is 0 Å². The fraction of sp³-hybridized carbons (Fsp3) is 0.533. The van der Waals surface area contributed by atoms with Crippen molar-refractivity contribution >= 4 is 5.97 Å². The number of benzene rings is 1. The number of hydrogen-bond donors (Lipinski definition) is 1. The third-order valence-electron chi connectivity index (χ3n) is 3.20. The molecule has 0 heterocycles. The second kappa shape index (κ2) is 7.92. The van der Waals surface area contributed by atoms with Gasteiger partial charge in [-0.2, -0.15) is 0 Å². The van der Waals surface area contributed by atoms with Gasteiger partial charge >= 0.3 is 5.97 Å². The molecule has 1 rings (SSSR count). The Labute approximate surface area is 115 Å². The summed E-state index contributed by atoms with van der Waals surface area (Å²) in [5, 5.41) is 3.10. The van der Waals surface area contributed by atoms with E-state index in [1.54, 1.807) is 7.05 Å². The Morgan fingerprint density at radius 3 is 2.47 bits per heavy atom. The van der Waals surface area contributed by atoms with Gasteiger partial charge in [0.15, 0.2) is 0 Å². The molecule has 0 saturated heterocycles. The molecule has 4 nitrogen and oxygen atoms in total. The Bertz CT molecular complexity index is 380. The molecule has 0 aliphatic heterocycles. The van der Waals surface area contributed by atoms with Crippen molar-refractivity contribution in [2.45, 2.75) is 25.3 Å². The molecule has 1 unspecified atom stereocenters. The highest BCUT2D eigenvalue weighted by Gasteiger charge is 2.39. The summed E-state index contributed by atoms with van der Waals surface area (Å²) in [6, 6.07) is 9.60. The number of carbonyl (C=O) groups excluding carboxylic acids is 1. The van der Waals surface area contributed by atoms with Gasteiger partial charge in [0.05, 0.1) is 7.11 Å². The Kier molecular flexibility index (Phi) is 6.53. The van der Waals surface area contributed by atoms with E-state index in [1.807, 2.05) is 30.3 Å². The van der Waals surface area contributed by atoms with Crippen LogP contribution in [-0.4, -0.2) is 33.3 Å². The number of nitrogens with one attached hydrogen (secondary N) is 1. The van der Waals surface area contributed by atoms with E-state index in [2.05, 4.69) is 12.2 Å². The summed E-state index contributed by atoms with van der Waals surface area (Å²) in [6.45, 7) is 3.28. The third kappa shape index (κ3) is 3.78. The maximum Gasteiger partial charge on any atom is 0.330 e. The van der Waals surface area contributed by atoms with Crippen LogP contribution in [0.1, 0.15) is 25.3 Å². The standard InChI is InChI=1S/C15H23NO3/c1-4-11-19-12-10-15(16-2,14(17)18-3)13-8-6-5-7-9-13/h5-9,16H,4,10-12H2,1-3H3. The van der Waals surface area contributed by atoms with Crippen LogP contribution in [-0.2, 0) is 19.8 Å². The minimum atomic E-state index is -0.844. The summed E-state index contributed by atoms with van der Waals surface area (Å²) in [4.78, 5) is 12.2. The first-order valence-corrected chi connectivity index (χ1v) is 6.62. The molecule has 0 saturated carbocycles. The molecule has 1 N–H and O–H groups in total. The number of carbonyl (C=O) groups is 1. The fourth-order valence-corrected chi connectivity index (χ4v) is 2.10. The van der Waals surface area contributed by atoms with Crippen molar-refractivity contribution in [3.63, 3.8) is 0 Å². The smallest absolute Gasteiger partial charge is 0.330 e. The van der Waals surface area contributed by atoms with E-state index in [9.17, 15) is 4.79 Å². The highest BCUT2D eigenvalue weighted by Crippen LogP contribution is 2.26. The predicted molar refractivity (Wildman–Crippen MR) is 74.9 cm³/mol. The molecule has 1 aromatic carbocycles. The monoisotopic (exact) mass is 265 g/mol. The minimum absolute atomic E-state index is 0.290. The average molecular weight is 265 g/mol. The van der Waals surface area contributed by atoms with Gasteiger partial charge in [0.2, 0.25) is 0 Å². The van der Waals surface area contributed by atoms with Crippen LogP contribution in [0.4, 0.5) is 0 Å². The van der Waals surface area contributed by atoms with Crippen LogP contribution in [0.15, 0.2) is 30.3 Å². The van der Waals surface area contributed by atoms with Gasteiger partial charge in [-0.25, -0.2) is 4.79 Å². The normalized spacial score (nSPS) is 13.8. The van der Waals surface area contributed by atoms with Crippen molar-refractivity contribution < 1.29 is 14.3 Å². The number of hydrogen-bond acceptors (Lipinski definition) is 4. The first kappa shape index (κ1) is 15.7. The zero-order valence-corrected chi connectivity index (χ0v) is 11.9. The summed E-state index contributed by atoms with van der Waals surface area (Å²) < 4.78 is 10.5. The molecule has 0 bridgehead atoms. The topological polar surface area (TPSA) is 47.6 Å². The fourth-order valence-electron chi connectivity index (χ4n) is 2.10. The SMILES string of the molecule is CCCOCCC(NC)(C(=O)OC)c1ccccc1. The molecule has 0 radical (unpaired) electrons. The van der Waals surface area contributed by atoms with E-state index in [4.69, 9.17) is 9.47 Å². The molecule has 106 valence electrons. The quantitative estimate of drug-likeness (QED) is 0.577.